The topological polar surface area (TPSA) is 34.9 Å². The van der Waals surface area contributed by atoms with Gasteiger partial charge < -0.3 is 0 Å². The van der Waals surface area contributed by atoms with E-state index in [-0.39, 0.29) is 24.3 Å². The summed E-state index contributed by atoms with van der Waals surface area (Å²) in [6, 6.07) is 10.6. The second-order valence-electron chi connectivity index (χ2n) is 6.36. The van der Waals surface area contributed by atoms with Crippen LogP contribution in [0.4, 0.5) is 13.2 Å². The average molecular weight is 336 g/mol. The SMILES string of the molecule is Cc1cc(=O)n(-c2ccccc2)c([C@H]2CC[C@@H](C(F)(F)F)CC2)n1. The zero-order chi connectivity index (χ0) is 17.3. The van der Waals surface area contributed by atoms with Crippen LogP contribution in [0.5, 0.6) is 0 Å². The molecule has 0 radical (unpaired) electrons. The number of benzene rings is 1. The van der Waals surface area contributed by atoms with Gasteiger partial charge in [0.05, 0.1) is 11.6 Å². The number of aryl methyl sites for hydroxylation is 1. The zero-order valence-electron chi connectivity index (χ0n) is 13.4. The molecule has 0 saturated heterocycles. The predicted octanol–water partition coefficient (Wildman–Crippen LogP) is 4.38. The van der Waals surface area contributed by atoms with Crippen molar-refractivity contribution in [2.24, 2.45) is 5.92 Å². The van der Waals surface area contributed by atoms with Crippen LogP contribution in [-0.4, -0.2) is 15.7 Å². The molecule has 0 spiro atoms. The summed E-state index contributed by atoms with van der Waals surface area (Å²) in [5, 5.41) is 0. The van der Waals surface area contributed by atoms with Crippen molar-refractivity contribution < 1.29 is 13.2 Å². The van der Waals surface area contributed by atoms with Crippen LogP contribution in [0.3, 0.4) is 0 Å². The second kappa shape index (κ2) is 6.42. The van der Waals surface area contributed by atoms with Gasteiger partial charge in [0.2, 0.25) is 0 Å². The molecule has 1 saturated carbocycles. The predicted molar refractivity (Wildman–Crippen MR) is 85.3 cm³/mol. The molecule has 1 aliphatic rings. The van der Waals surface area contributed by atoms with E-state index in [9.17, 15) is 18.0 Å². The maximum Gasteiger partial charge on any atom is 0.391 e. The summed E-state index contributed by atoms with van der Waals surface area (Å²) >= 11 is 0. The minimum atomic E-state index is -4.13. The molecular weight excluding hydrogens is 317 g/mol. The standard InChI is InChI=1S/C18H19F3N2O/c1-12-11-16(24)23(15-5-3-2-4-6-15)17(22-12)13-7-9-14(10-8-13)18(19,20)21/h2-6,11,13-14H,7-10H2,1H3/t13-,14+. The molecule has 1 aromatic heterocycles. The van der Waals surface area contributed by atoms with Crippen LogP contribution in [0.2, 0.25) is 0 Å². The lowest BCUT2D eigenvalue weighted by atomic mass is 9.81. The fourth-order valence-electron chi connectivity index (χ4n) is 3.41. The van der Waals surface area contributed by atoms with Gasteiger partial charge in [-0.05, 0) is 44.7 Å². The summed E-state index contributed by atoms with van der Waals surface area (Å²) in [6.45, 7) is 1.74. The summed E-state index contributed by atoms with van der Waals surface area (Å²) in [5.41, 5.74) is 1.10. The van der Waals surface area contributed by atoms with Gasteiger partial charge in [-0.15, -0.1) is 0 Å². The van der Waals surface area contributed by atoms with Crippen LogP contribution in [-0.2, 0) is 0 Å². The highest BCUT2D eigenvalue weighted by molar-refractivity contribution is 5.34. The van der Waals surface area contributed by atoms with Crippen molar-refractivity contribution in [2.75, 3.05) is 0 Å². The second-order valence-corrected chi connectivity index (χ2v) is 6.36. The molecular formula is C18H19F3N2O. The molecule has 2 aromatic rings. The van der Waals surface area contributed by atoms with E-state index in [1.54, 1.807) is 6.92 Å². The largest absolute Gasteiger partial charge is 0.391 e. The van der Waals surface area contributed by atoms with Gasteiger partial charge >= 0.3 is 6.18 Å². The summed E-state index contributed by atoms with van der Waals surface area (Å²) in [5.74, 6) is -0.793. The molecule has 3 nitrogen and oxygen atoms in total. The average Bonchev–Trinajstić information content (AvgIpc) is 2.54. The summed E-state index contributed by atoms with van der Waals surface area (Å²) < 4.78 is 40.2. The summed E-state index contributed by atoms with van der Waals surface area (Å²) in [7, 11) is 0. The van der Waals surface area contributed by atoms with Gasteiger partial charge in [0.1, 0.15) is 5.82 Å². The van der Waals surface area contributed by atoms with Crippen molar-refractivity contribution >= 4 is 0 Å². The van der Waals surface area contributed by atoms with Gasteiger partial charge in [0.15, 0.2) is 0 Å². The van der Waals surface area contributed by atoms with Crippen LogP contribution >= 0.6 is 0 Å². The van der Waals surface area contributed by atoms with E-state index in [4.69, 9.17) is 0 Å². The highest BCUT2D eigenvalue weighted by atomic mass is 19.4. The van der Waals surface area contributed by atoms with Crippen LogP contribution in [0.25, 0.3) is 5.69 Å². The number of rotatable bonds is 2. The monoisotopic (exact) mass is 336 g/mol. The van der Waals surface area contributed by atoms with Crippen molar-refractivity contribution in [1.82, 2.24) is 9.55 Å². The first-order valence-corrected chi connectivity index (χ1v) is 8.09. The lowest BCUT2D eigenvalue weighted by Crippen LogP contribution is -2.30. The summed E-state index contributed by atoms with van der Waals surface area (Å²) in [6.07, 6.45) is -3.16. The van der Waals surface area contributed by atoms with Gasteiger partial charge in [-0.3, -0.25) is 9.36 Å². The van der Waals surface area contributed by atoms with E-state index >= 15 is 0 Å². The maximum absolute atomic E-state index is 12.9. The number of hydrogen-bond acceptors (Lipinski definition) is 2. The summed E-state index contributed by atoms with van der Waals surface area (Å²) in [4.78, 5) is 17.0. The Morgan fingerprint density at radius 2 is 1.71 bits per heavy atom. The minimum Gasteiger partial charge on any atom is -0.269 e. The Hall–Kier alpha value is -2.11. The Balaban J connectivity index is 1.96. The van der Waals surface area contributed by atoms with Gasteiger partial charge in [0, 0.05) is 17.7 Å². The molecule has 0 N–H and O–H groups in total. The number of alkyl halides is 3. The Morgan fingerprint density at radius 3 is 2.29 bits per heavy atom. The van der Waals surface area contributed by atoms with Crippen molar-refractivity contribution in [3.63, 3.8) is 0 Å². The van der Waals surface area contributed by atoms with Crippen LogP contribution in [0, 0.1) is 12.8 Å². The number of aromatic nitrogens is 2. The number of halogens is 3. The molecule has 1 heterocycles. The maximum atomic E-state index is 12.9. The van der Waals surface area contributed by atoms with E-state index in [1.807, 2.05) is 30.3 Å². The lowest BCUT2D eigenvalue weighted by molar-refractivity contribution is -0.182. The molecule has 3 rings (SSSR count). The van der Waals surface area contributed by atoms with Crippen LogP contribution in [0.1, 0.15) is 43.1 Å². The lowest BCUT2D eigenvalue weighted by Gasteiger charge is -2.30. The van der Waals surface area contributed by atoms with E-state index in [2.05, 4.69) is 4.98 Å². The van der Waals surface area contributed by atoms with E-state index < -0.39 is 12.1 Å². The van der Waals surface area contributed by atoms with E-state index in [0.717, 1.165) is 0 Å². The van der Waals surface area contributed by atoms with Gasteiger partial charge in [-0.1, -0.05) is 18.2 Å². The quantitative estimate of drug-likeness (QED) is 0.816. The highest BCUT2D eigenvalue weighted by Gasteiger charge is 2.42. The highest BCUT2D eigenvalue weighted by Crippen LogP contribution is 2.42. The third-order valence-electron chi connectivity index (χ3n) is 4.64. The molecule has 1 fully saturated rings. The number of nitrogens with zero attached hydrogens (tertiary/aromatic N) is 2. The zero-order valence-corrected chi connectivity index (χ0v) is 13.4. The molecule has 1 aromatic carbocycles. The van der Waals surface area contributed by atoms with E-state index in [0.29, 0.717) is 30.0 Å². The number of para-hydroxylation sites is 1. The molecule has 6 heteroatoms. The molecule has 0 unspecified atom stereocenters. The Morgan fingerprint density at radius 1 is 1.08 bits per heavy atom. The van der Waals surface area contributed by atoms with Crippen molar-refractivity contribution in [1.29, 1.82) is 0 Å². The Kier molecular flexibility index (Phi) is 4.47. The Bertz CT molecular complexity index is 760. The van der Waals surface area contributed by atoms with Crippen LogP contribution in [0.15, 0.2) is 41.2 Å². The first-order chi connectivity index (χ1) is 11.4. The molecule has 24 heavy (non-hydrogen) atoms. The third kappa shape index (κ3) is 3.37. The molecule has 0 atom stereocenters. The first kappa shape index (κ1) is 16.7. The van der Waals surface area contributed by atoms with E-state index in [1.165, 1.54) is 10.6 Å². The molecule has 0 amide bonds. The fourth-order valence-corrected chi connectivity index (χ4v) is 3.41. The third-order valence-corrected chi connectivity index (χ3v) is 4.64. The molecule has 128 valence electrons. The van der Waals surface area contributed by atoms with Crippen LogP contribution < -0.4 is 5.56 Å². The molecule has 0 aliphatic heterocycles. The van der Waals surface area contributed by atoms with Crippen molar-refractivity contribution in [3.05, 3.63) is 58.3 Å². The minimum absolute atomic E-state index is 0.0900. The first-order valence-electron chi connectivity index (χ1n) is 8.09. The van der Waals surface area contributed by atoms with Gasteiger partial charge in [-0.2, -0.15) is 13.2 Å². The van der Waals surface area contributed by atoms with Crippen molar-refractivity contribution in [3.8, 4) is 5.69 Å². The number of hydrogen-bond donors (Lipinski definition) is 0. The molecule has 1 aliphatic carbocycles. The Labute approximate surface area is 138 Å². The van der Waals surface area contributed by atoms with Crippen molar-refractivity contribution in [2.45, 2.75) is 44.7 Å². The fraction of sp³-hybridized carbons (Fsp3) is 0.444. The van der Waals surface area contributed by atoms with Gasteiger partial charge in [0.25, 0.3) is 5.56 Å². The van der Waals surface area contributed by atoms with Gasteiger partial charge in [-0.25, -0.2) is 4.98 Å². The molecule has 0 bridgehead atoms. The normalized spacial score (nSPS) is 21.7. The smallest absolute Gasteiger partial charge is 0.269 e.